The standard InChI is InChI=1S/C14H16FN3O2/c1-3-20-14(19)10-8-17-18(2)13(10)9-16-12-7-5-4-6-11(12)15/h4-8,16H,3,9H2,1-2H3. The van der Waals surface area contributed by atoms with Gasteiger partial charge in [0.05, 0.1) is 30.7 Å². The van der Waals surface area contributed by atoms with Gasteiger partial charge in [0, 0.05) is 7.05 Å². The molecule has 1 aromatic heterocycles. The van der Waals surface area contributed by atoms with Gasteiger partial charge in [-0.05, 0) is 19.1 Å². The van der Waals surface area contributed by atoms with Crippen molar-refractivity contribution in [3.8, 4) is 0 Å². The molecule has 0 radical (unpaired) electrons. The summed E-state index contributed by atoms with van der Waals surface area (Å²) in [6.07, 6.45) is 1.45. The van der Waals surface area contributed by atoms with Gasteiger partial charge in [0.2, 0.25) is 0 Å². The highest BCUT2D eigenvalue weighted by molar-refractivity contribution is 5.90. The third-order valence-electron chi connectivity index (χ3n) is 2.88. The maximum absolute atomic E-state index is 13.5. The lowest BCUT2D eigenvalue weighted by atomic mass is 10.2. The molecule has 106 valence electrons. The number of aromatic nitrogens is 2. The van der Waals surface area contributed by atoms with Crippen molar-refractivity contribution in [2.45, 2.75) is 13.5 Å². The molecule has 0 aliphatic carbocycles. The molecule has 5 nitrogen and oxygen atoms in total. The monoisotopic (exact) mass is 277 g/mol. The lowest BCUT2D eigenvalue weighted by molar-refractivity contribution is 0.0525. The summed E-state index contributed by atoms with van der Waals surface area (Å²) in [5.74, 6) is -0.765. The zero-order valence-electron chi connectivity index (χ0n) is 11.4. The summed E-state index contributed by atoms with van der Waals surface area (Å²) in [6, 6.07) is 6.36. The summed E-state index contributed by atoms with van der Waals surface area (Å²) in [7, 11) is 1.72. The molecule has 0 saturated heterocycles. The Morgan fingerprint density at radius 2 is 2.20 bits per heavy atom. The Morgan fingerprint density at radius 3 is 2.90 bits per heavy atom. The van der Waals surface area contributed by atoms with Gasteiger partial charge in [-0.15, -0.1) is 0 Å². The topological polar surface area (TPSA) is 56.1 Å². The molecule has 20 heavy (non-hydrogen) atoms. The predicted molar refractivity (Wildman–Crippen MR) is 72.9 cm³/mol. The van der Waals surface area contributed by atoms with Crippen molar-refractivity contribution in [2.75, 3.05) is 11.9 Å². The molecule has 1 heterocycles. The zero-order valence-corrected chi connectivity index (χ0v) is 11.4. The molecule has 0 aliphatic rings. The molecule has 0 fully saturated rings. The number of rotatable bonds is 5. The SMILES string of the molecule is CCOC(=O)c1cnn(C)c1CNc1ccccc1F. The Morgan fingerprint density at radius 1 is 1.45 bits per heavy atom. The Hall–Kier alpha value is -2.37. The summed E-state index contributed by atoms with van der Waals surface area (Å²) < 4.78 is 20.1. The molecule has 0 saturated carbocycles. The van der Waals surface area contributed by atoms with Crippen LogP contribution in [0.15, 0.2) is 30.5 Å². The van der Waals surface area contributed by atoms with E-state index in [2.05, 4.69) is 10.4 Å². The Labute approximate surface area is 116 Å². The van der Waals surface area contributed by atoms with Crippen LogP contribution >= 0.6 is 0 Å². The molecule has 6 heteroatoms. The Bertz CT molecular complexity index is 610. The van der Waals surface area contributed by atoms with Crippen LogP contribution in [0.2, 0.25) is 0 Å². The zero-order chi connectivity index (χ0) is 14.5. The number of nitrogens with zero attached hydrogens (tertiary/aromatic N) is 2. The van der Waals surface area contributed by atoms with Gasteiger partial charge in [-0.25, -0.2) is 9.18 Å². The van der Waals surface area contributed by atoms with Gasteiger partial charge in [-0.1, -0.05) is 12.1 Å². The van der Waals surface area contributed by atoms with Crippen molar-refractivity contribution < 1.29 is 13.9 Å². The minimum atomic E-state index is -0.425. The molecular formula is C14H16FN3O2. The Balaban J connectivity index is 2.15. The van der Waals surface area contributed by atoms with Crippen LogP contribution in [0, 0.1) is 5.82 Å². The number of benzene rings is 1. The second kappa shape index (κ2) is 6.18. The summed E-state index contributed by atoms with van der Waals surface area (Å²) in [6.45, 7) is 2.32. The van der Waals surface area contributed by atoms with Gasteiger partial charge >= 0.3 is 5.97 Å². The molecule has 0 unspecified atom stereocenters. The number of hydrogen-bond donors (Lipinski definition) is 1. The predicted octanol–water partition coefficient (Wildman–Crippen LogP) is 2.35. The third kappa shape index (κ3) is 2.96. The number of ether oxygens (including phenoxy) is 1. The quantitative estimate of drug-likeness (QED) is 0.852. The second-order valence-corrected chi connectivity index (χ2v) is 4.18. The molecular weight excluding hydrogens is 261 g/mol. The van der Waals surface area contributed by atoms with Gasteiger partial charge in [0.1, 0.15) is 11.4 Å². The molecule has 0 amide bonds. The van der Waals surface area contributed by atoms with Crippen LogP contribution in [0.1, 0.15) is 23.0 Å². The van der Waals surface area contributed by atoms with E-state index in [-0.39, 0.29) is 12.4 Å². The summed E-state index contributed by atoms with van der Waals surface area (Å²) in [4.78, 5) is 11.8. The fourth-order valence-corrected chi connectivity index (χ4v) is 1.84. The van der Waals surface area contributed by atoms with E-state index in [9.17, 15) is 9.18 Å². The van der Waals surface area contributed by atoms with E-state index in [1.807, 2.05) is 0 Å². The normalized spacial score (nSPS) is 10.3. The molecule has 1 aromatic carbocycles. The van der Waals surface area contributed by atoms with Gasteiger partial charge in [0.15, 0.2) is 0 Å². The number of carbonyl (C=O) groups is 1. The average molecular weight is 277 g/mol. The highest BCUT2D eigenvalue weighted by Crippen LogP contribution is 2.16. The maximum Gasteiger partial charge on any atom is 0.341 e. The van der Waals surface area contributed by atoms with Crippen molar-refractivity contribution in [1.82, 2.24) is 9.78 Å². The highest BCUT2D eigenvalue weighted by atomic mass is 19.1. The summed E-state index contributed by atoms with van der Waals surface area (Å²) >= 11 is 0. The third-order valence-corrected chi connectivity index (χ3v) is 2.88. The van der Waals surface area contributed by atoms with Crippen LogP contribution in [0.4, 0.5) is 10.1 Å². The first-order valence-corrected chi connectivity index (χ1v) is 6.30. The van der Waals surface area contributed by atoms with Gasteiger partial charge in [-0.2, -0.15) is 5.10 Å². The number of esters is 1. The highest BCUT2D eigenvalue weighted by Gasteiger charge is 2.17. The number of hydrogen-bond acceptors (Lipinski definition) is 4. The van der Waals surface area contributed by atoms with Crippen molar-refractivity contribution >= 4 is 11.7 Å². The molecule has 0 atom stereocenters. The first-order chi connectivity index (χ1) is 9.63. The molecule has 0 bridgehead atoms. The van der Waals surface area contributed by atoms with Crippen LogP contribution in [0.5, 0.6) is 0 Å². The maximum atomic E-state index is 13.5. The van der Waals surface area contributed by atoms with Crippen molar-refractivity contribution in [2.24, 2.45) is 7.05 Å². The van der Waals surface area contributed by atoms with Gasteiger partial charge in [0.25, 0.3) is 0 Å². The number of anilines is 1. The van der Waals surface area contributed by atoms with E-state index in [0.29, 0.717) is 23.6 Å². The number of aryl methyl sites for hydroxylation is 1. The van der Waals surface area contributed by atoms with Crippen LogP contribution in [-0.4, -0.2) is 22.4 Å². The van der Waals surface area contributed by atoms with E-state index in [1.165, 1.54) is 12.3 Å². The van der Waals surface area contributed by atoms with Crippen LogP contribution in [-0.2, 0) is 18.3 Å². The van der Waals surface area contributed by atoms with E-state index in [1.54, 1.807) is 36.9 Å². The van der Waals surface area contributed by atoms with E-state index < -0.39 is 5.97 Å². The fourth-order valence-electron chi connectivity index (χ4n) is 1.84. The van der Waals surface area contributed by atoms with Gasteiger partial charge in [-0.3, -0.25) is 4.68 Å². The molecule has 1 N–H and O–H groups in total. The van der Waals surface area contributed by atoms with Crippen LogP contribution < -0.4 is 5.32 Å². The largest absolute Gasteiger partial charge is 0.462 e. The van der Waals surface area contributed by atoms with Crippen molar-refractivity contribution in [3.05, 3.63) is 47.5 Å². The average Bonchev–Trinajstić information content (AvgIpc) is 2.79. The number of carbonyl (C=O) groups excluding carboxylic acids is 1. The van der Waals surface area contributed by atoms with Crippen molar-refractivity contribution in [3.63, 3.8) is 0 Å². The molecule has 0 aliphatic heterocycles. The number of nitrogens with one attached hydrogen (secondary N) is 1. The lowest BCUT2D eigenvalue weighted by Gasteiger charge is -2.09. The lowest BCUT2D eigenvalue weighted by Crippen LogP contribution is -2.12. The van der Waals surface area contributed by atoms with E-state index in [4.69, 9.17) is 4.74 Å². The number of halogens is 1. The molecule has 2 rings (SSSR count). The van der Waals surface area contributed by atoms with Gasteiger partial charge < -0.3 is 10.1 Å². The minimum absolute atomic E-state index is 0.283. The summed E-state index contributed by atoms with van der Waals surface area (Å²) in [5, 5.41) is 6.99. The minimum Gasteiger partial charge on any atom is -0.462 e. The van der Waals surface area contributed by atoms with Crippen LogP contribution in [0.3, 0.4) is 0 Å². The fraction of sp³-hybridized carbons (Fsp3) is 0.286. The molecule has 0 spiro atoms. The van der Waals surface area contributed by atoms with Crippen molar-refractivity contribution in [1.29, 1.82) is 0 Å². The number of para-hydroxylation sites is 1. The first-order valence-electron chi connectivity index (χ1n) is 6.30. The van der Waals surface area contributed by atoms with E-state index in [0.717, 1.165) is 0 Å². The molecule has 2 aromatic rings. The second-order valence-electron chi connectivity index (χ2n) is 4.18. The first kappa shape index (κ1) is 14.0. The smallest absolute Gasteiger partial charge is 0.341 e. The summed E-state index contributed by atoms with van der Waals surface area (Å²) in [5.41, 5.74) is 1.41. The van der Waals surface area contributed by atoms with E-state index >= 15 is 0 Å². The Kier molecular flexibility index (Phi) is 4.34. The van der Waals surface area contributed by atoms with Crippen LogP contribution in [0.25, 0.3) is 0 Å².